The van der Waals surface area contributed by atoms with Crippen LogP contribution in [-0.4, -0.2) is 30.8 Å². The molecule has 7 nitrogen and oxygen atoms in total. The number of nitrogens with one attached hydrogen (secondary N) is 1. The molecule has 2 aromatic carbocycles. The summed E-state index contributed by atoms with van der Waals surface area (Å²) < 4.78 is 32.5. The highest BCUT2D eigenvalue weighted by atomic mass is 32.2. The van der Waals surface area contributed by atoms with Crippen molar-refractivity contribution in [1.82, 2.24) is 9.29 Å². The molecule has 3 aromatic rings. The molecule has 1 heterocycles. The number of aromatic nitrogens is 1. The second-order valence-electron chi connectivity index (χ2n) is 6.70. The Morgan fingerprint density at radius 1 is 1.10 bits per heavy atom. The van der Waals surface area contributed by atoms with Gasteiger partial charge in [-0.25, -0.2) is 8.42 Å². The number of nitrogens with zero attached hydrogens (tertiary/aromatic N) is 3. The highest BCUT2D eigenvalue weighted by Gasteiger charge is 2.22. The summed E-state index contributed by atoms with van der Waals surface area (Å²) in [5.41, 5.74) is 1.78. The summed E-state index contributed by atoms with van der Waals surface area (Å²) in [5.74, 6) is 0.532. The second-order valence-corrected chi connectivity index (χ2v) is 8.64. The standard InChI is InChI=1S/C22H24N4O3S/c1-4-26(5-2)30(27,28)19-13-11-18(12-14-19)21-25-20(15-23)22(29-21)24-16(3)17-9-7-6-8-10-17/h6-14,16,24H,4-5H2,1-3H3/t16-/m1/s1. The van der Waals surface area contributed by atoms with Gasteiger partial charge in [0, 0.05) is 18.7 Å². The first-order valence-electron chi connectivity index (χ1n) is 9.73. The number of benzene rings is 2. The first-order chi connectivity index (χ1) is 14.4. The Labute approximate surface area is 177 Å². The molecular formula is C22H24N4O3S. The number of nitriles is 1. The van der Waals surface area contributed by atoms with Crippen molar-refractivity contribution in [2.45, 2.75) is 31.7 Å². The van der Waals surface area contributed by atoms with Gasteiger partial charge < -0.3 is 9.73 Å². The van der Waals surface area contributed by atoms with Gasteiger partial charge in [-0.3, -0.25) is 0 Å². The first-order valence-corrected chi connectivity index (χ1v) is 11.2. The third-order valence-electron chi connectivity index (χ3n) is 4.82. The molecule has 0 aliphatic carbocycles. The van der Waals surface area contributed by atoms with Gasteiger partial charge in [-0.05, 0) is 36.8 Å². The van der Waals surface area contributed by atoms with Crippen molar-refractivity contribution in [2.75, 3.05) is 18.4 Å². The van der Waals surface area contributed by atoms with Gasteiger partial charge in [0.1, 0.15) is 6.07 Å². The van der Waals surface area contributed by atoms with Gasteiger partial charge in [-0.15, -0.1) is 0 Å². The number of hydrogen-bond donors (Lipinski definition) is 1. The normalized spacial score (nSPS) is 12.5. The maximum Gasteiger partial charge on any atom is 0.243 e. The van der Waals surface area contributed by atoms with Crippen LogP contribution in [0.2, 0.25) is 0 Å². The van der Waals surface area contributed by atoms with Crippen molar-refractivity contribution in [2.24, 2.45) is 0 Å². The molecule has 0 unspecified atom stereocenters. The number of sulfonamides is 1. The van der Waals surface area contributed by atoms with Gasteiger partial charge >= 0.3 is 0 Å². The molecule has 0 saturated heterocycles. The molecule has 0 radical (unpaired) electrons. The fourth-order valence-corrected chi connectivity index (χ4v) is 4.58. The topological polar surface area (TPSA) is 99.2 Å². The van der Waals surface area contributed by atoms with E-state index in [2.05, 4.69) is 10.3 Å². The van der Waals surface area contributed by atoms with E-state index >= 15 is 0 Å². The Morgan fingerprint density at radius 3 is 2.30 bits per heavy atom. The quantitative estimate of drug-likeness (QED) is 0.575. The van der Waals surface area contributed by atoms with Gasteiger partial charge in [-0.2, -0.15) is 14.6 Å². The molecule has 0 saturated carbocycles. The predicted molar refractivity (Wildman–Crippen MR) is 115 cm³/mol. The first kappa shape index (κ1) is 21.6. The Hall–Kier alpha value is -3.15. The van der Waals surface area contributed by atoms with Crippen molar-refractivity contribution in [1.29, 1.82) is 5.26 Å². The minimum Gasteiger partial charge on any atom is -0.419 e. The predicted octanol–water partition coefficient (Wildman–Crippen LogP) is 4.42. The Balaban J connectivity index is 1.86. The van der Waals surface area contributed by atoms with E-state index in [1.807, 2.05) is 43.3 Å². The van der Waals surface area contributed by atoms with Crippen LogP contribution in [0.25, 0.3) is 11.5 Å². The lowest BCUT2D eigenvalue weighted by molar-refractivity contribution is 0.445. The van der Waals surface area contributed by atoms with Crippen LogP contribution in [0.1, 0.15) is 38.1 Å². The molecule has 0 bridgehead atoms. The highest BCUT2D eigenvalue weighted by Crippen LogP contribution is 2.29. The van der Waals surface area contributed by atoms with E-state index < -0.39 is 10.0 Å². The van der Waals surface area contributed by atoms with Gasteiger partial charge in [-0.1, -0.05) is 44.2 Å². The molecule has 30 heavy (non-hydrogen) atoms. The molecule has 3 rings (SSSR count). The van der Waals surface area contributed by atoms with E-state index in [4.69, 9.17) is 4.42 Å². The van der Waals surface area contributed by atoms with Gasteiger partial charge in [0.15, 0.2) is 0 Å². The zero-order valence-corrected chi connectivity index (χ0v) is 18.0. The lowest BCUT2D eigenvalue weighted by atomic mass is 10.1. The smallest absolute Gasteiger partial charge is 0.243 e. The van der Waals surface area contributed by atoms with E-state index in [0.29, 0.717) is 18.7 Å². The van der Waals surface area contributed by atoms with Crippen molar-refractivity contribution in [3.63, 3.8) is 0 Å². The number of rotatable bonds is 8. The highest BCUT2D eigenvalue weighted by molar-refractivity contribution is 7.89. The summed E-state index contributed by atoms with van der Waals surface area (Å²) in [4.78, 5) is 4.46. The molecule has 0 aliphatic heterocycles. The van der Waals surface area contributed by atoms with E-state index in [1.54, 1.807) is 26.0 Å². The fourth-order valence-electron chi connectivity index (χ4n) is 3.12. The molecule has 0 aliphatic rings. The van der Waals surface area contributed by atoms with Crippen molar-refractivity contribution in [3.8, 4) is 17.5 Å². The van der Waals surface area contributed by atoms with E-state index in [-0.39, 0.29) is 28.4 Å². The van der Waals surface area contributed by atoms with Crippen LogP contribution in [0.4, 0.5) is 5.88 Å². The maximum absolute atomic E-state index is 12.6. The Morgan fingerprint density at radius 2 is 1.73 bits per heavy atom. The zero-order valence-electron chi connectivity index (χ0n) is 17.2. The third kappa shape index (κ3) is 4.37. The van der Waals surface area contributed by atoms with Crippen molar-refractivity contribution in [3.05, 3.63) is 65.9 Å². The minimum absolute atomic E-state index is 0.0827. The average Bonchev–Trinajstić information content (AvgIpc) is 3.18. The number of hydrogen-bond acceptors (Lipinski definition) is 6. The van der Waals surface area contributed by atoms with E-state index in [1.165, 1.54) is 16.4 Å². The van der Waals surface area contributed by atoms with E-state index in [9.17, 15) is 13.7 Å². The molecule has 1 aromatic heterocycles. The van der Waals surface area contributed by atoms with Gasteiger partial charge in [0.05, 0.1) is 10.9 Å². The molecule has 156 valence electrons. The second kappa shape index (κ2) is 9.11. The van der Waals surface area contributed by atoms with Crippen LogP contribution in [-0.2, 0) is 10.0 Å². The number of oxazole rings is 1. The molecule has 0 spiro atoms. The lowest BCUT2D eigenvalue weighted by Crippen LogP contribution is -2.30. The van der Waals surface area contributed by atoms with E-state index in [0.717, 1.165) is 5.56 Å². The summed E-state index contributed by atoms with van der Waals surface area (Å²) in [6, 6.07) is 18.1. The summed E-state index contributed by atoms with van der Waals surface area (Å²) in [6.45, 7) is 6.37. The van der Waals surface area contributed by atoms with Crippen LogP contribution in [0.3, 0.4) is 0 Å². The minimum atomic E-state index is -3.54. The van der Waals surface area contributed by atoms with Crippen LogP contribution in [0, 0.1) is 11.3 Å². The zero-order chi connectivity index (χ0) is 21.7. The summed E-state index contributed by atoms with van der Waals surface area (Å²) in [5, 5.41) is 12.6. The van der Waals surface area contributed by atoms with Gasteiger partial charge in [0.2, 0.25) is 27.5 Å². The van der Waals surface area contributed by atoms with Crippen LogP contribution in [0.15, 0.2) is 63.9 Å². The fraction of sp³-hybridized carbons (Fsp3) is 0.273. The monoisotopic (exact) mass is 424 g/mol. The molecule has 1 N–H and O–H groups in total. The summed E-state index contributed by atoms with van der Waals surface area (Å²) >= 11 is 0. The molecule has 1 atom stereocenters. The molecule has 0 fully saturated rings. The van der Waals surface area contributed by atoms with Crippen molar-refractivity contribution < 1.29 is 12.8 Å². The lowest BCUT2D eigenvalue weighted by Gasteiger charge is -2.18. The van der Waals surface area contributed by atoms with Gasteiger partial charge in [0.25, 0.3) is 0 Å². The number of anilines is 1. The molecule has 0 amide bonds. The SMILES string of the molecule is CCN(CC)S(=O)(=O)c1ccc(-c2nc(C#N)c(N[C@H](C)c3ccccc3)o2)cc1. The maximum atomic E-state index is 12.6. The Kier molecular flexibility index (Phi) is 6.55. The van der Waals surface area contributed by atoms with Crippen molar-refractivity contribution >= 4 is 15.9 Å². The Bertz CT molecular complexity index is 1130. The van der Waals surface area contributed by atoms with Crippen LogP contribution in [0.5, 0.6) is 0 Å². The largest absolute Gasteiger partial charge is 0.419 e. The molecule has 8 heteroatoms. The van der Waals surface area contributed by atoms with Crippen LogP contribution >= 0.6 is 0 Å². The summed E-state index contributed by atoms with van der Waals surface area (Å²) in [6.07, 6.45) is 0. The van der Waals surface area contributed by atoms with Crippen LogP contribution < -0.4 is 5.32 Å². The molecular weight excluding hydrogens is 400 g/mol. The summed E-state index contributed by atoms with van der Waals surface area (Å²) in [7, 11) is -3.54. The third-order valence-corrected chi connectivity index (χ3v) is 6.89. The average molecular weight is 425 g/mol.